The fourth-order valence-electron chi connectivity index (χ4n) is 3.57. The second-order valence-corrected chi connectivity index (χ2v) is 7.55. The zero-order valence-electron chi connectivity index (χ0n) is 18.3. The fraction of sp³-hybridized carbons (Fsp3) is 0.700. The molecule has 2 saturated heterocycles. The molecule has 0 unspecified atom stereocenters. The van der Waals surface area contributed by atoms with Gasteiger partial charge in [0.1, 0.15) is 42.4 Å². The smallest absolute Gasteiger partial charge is 0.229 e. The minimum absolute atomic E-state index is 0.0463. The van der Waals surface area contributed by atoms with Crippen LogP contribution >= 0.6 is 0 Å². The molecule has 0 amide bonds. The van der Waals surface area contributed by atoms with Gasteiger partial charge in [-0.3, -0.25) is 0 Å². The van der Waals surface area contributed by atoms with Gasteiger partial charge < -0.3 is 63.8 Å². The van der Waals surface area contributed by atoms with Gasteiger partial charge >= 0.3 is 0 Å². The summed E-state index contributed by atoms with van der Waals surface area (Å²) in [6, 6.07) is 2.74. The molecule has 9 atom stereocenters. The molecule has 0 aliphatic carbocycles. The highest BCUT2D eigenvalue weighted by atomic mass is 16.7. The number of aliphatic hydroxyl groups excluding tert-OH is 6. The molecule has 13 heteroatoms. The average Bonchev–Trinajstić information content (AvgIpc) is 2.82. The number of hydrogen-bond donors (Lipinski definition) is 6. The SMILES string of the molecule is COc1cc(O[C@@H]2O[C@H](CO)[C@@H](O)[C@H](O)[C@H]2O)cc(OC)c1O[C@H]1[C@H](OC)OC[C@@H](O)[C@@H]1O. The van der Waals surface area contributed by atoms with E-state index in [4.69, 9.17) is 33.2 Å². The summed E-state index contributed by atoms with van der Waals surface area (Å²) in [4.78, 5) is 0. The van der Waals surface area contributed by atoms with Gasteiger partial charge in [0.05, 0.1) is 27.4 Å². The van der Waals surface area contributed by atoms with E-state index < -0.39 is 61.9 Å². The van der Waals surface area contributed by atoms with Gasteiger partial charge in [-0.2, -0.15) is 0 Å². The second-order valence-electron chi connectivity index (χ2n) is 7.55. The van der Waals surface area contributed by atoms with Crippen molar-refractivity contribution >= 4 is 0 Å². The van der Waals surface area contributed by atoms with Crippen LogP contribution < -0.4 is 18.9 Å². The van der Waals surface area contributed by atoms with Gasteiger partial charge in [-0.25, -0.2) is 0 Å². The molecule has 2 heterocycles. The maximum absolute atomic E-state index is 10.4. The van der Waals surface area contributed by atoms with Crippen LogP contribution in [0.5, 0.6) is 23.0 Å². The Labute approximate surface area is 189 Å². The molecule has 0 radical (unpaired) electrons. The van der Waals surface area contributed by atoms with E-state index in [2.05, 4.69) is 0 Å². The van der Waals surface area contributed by atoms with E-state index in [-0.39, 0.29) is 29.6 Å². The van der Waals surface area contributed by atoms with Gasteiger partial charge in [-0.1, -0.05) is 0 Å². The normalized spacial score (nSPS) is 36.8. The van der Waals surface area contributed by atoms with E-state index in [1.165, 1.54) is 33.5 Å². The molecule has 33 heavy (non-hydrogen) atoms. The largest absolute Gasteiger partial charge is 0.493 e. The Morgan fingerprint density at radius 2 is 1.48 bits per heavy atom. The highest BCUT2D eigenvalue weighted by Crippen LogP contribution is 2.43. The topological polar surface area (TPSA) is 186 Å². The van der Waals surface area contributed by atoms with Gasteiger partial charge in [0.2, 0.25) is 12.0 Å². The summed E-state index contributed by atoms with van der Waals surface area (Å²) >= 11 is 0. The minimum Gasteiger partial charge on any atom is -0.493 e. The lowest BCUT2D eigenvalue weighted by Gasteiger charge is -2.39. The monoisotopic (exact) mass is 478 g/mol. The van der Waals surface area contributed by atoms with Crippen LogP contribution in [-0.4, -0.2) is 120 Å². The number of hydrogen-bond acceptors (Lipinski definition) is 13. The molecule has 2 fully saturated rings. The Hall–Kier alpha value is -1.94. The molecule has 0 bridgehead atoms. The summed E-state index contributed by atoms with van der Waals surface area (Å²) in [5, 5.41) is 59.7. The summed E-state index contributed by atoms with van der Waals surface area (Å²) in [6.07, 6.45) is -12.0. The van der Waals surface area contributed by atoms with Crippen LogP contribution in [-0.2, 0) is 14.2 Å². The van der Waals surface area contributed by atoms with Crippen LogP contribution in [0.2, 0.25) is 0 Å². The fourth-order valence-corrected chi connectivity index (χ4v) is 3.57. The summed E-state index contributed by atoms with van der Waals surface area (Å²) in [5.41, 5.74) is 0. The standard InChI is InChI=1S/C20H30O13/c1-27-10-4-8(31-19-16(26)15(25)14(24)12(6-21)32-19)5-11(28-2)17(10)33-18-13(23)9(22)7-30-20(18)29-3/h4-5,9,12-16,18-26H,6-7H2,1-3H3/t9-,12-,13+,14-,15+,16-,18-,19-,20-/m1/s1. The first-order valence-electron chi connectivity index (χ1n) is 10.2. The van der Waals surface area contributed by atoms with Gasteiger partial charge in [0.15, 0.2) is 23.9 Å². The van der Waals surface area contributed by atoms with Gasteiger partial charge in [-0.15, -0.1) is 0 Å². The third-order valence-electron chi connectivity index (χ3n) is 5.45. The highest BCUT2D eigenvalue weighted by Gasteiger charge is 2.45. The Morgan fingerprint density at radius 1 is 0.848 bits per heavy atom. The molecule has 0 spiro atoms. The Balaban J connectivity index is 1.87. The van der Waals surface area contributed by atoms with E-state index in [0.717, 1.165) is 0 Å². The molecule has 1 aromatic rings. The lowest BCUT2D eigenvalue weighted by Crippen LogP contribution is -2.60. The molecule has 0 aromatic heterocycles. The highest BCUT2D eigenvalue weighted by molar-refractivity contribution is 5.56. The van der Waals surface area contributed by atoms with Crippen LogP contribution in [0.15, 0.2) is 12.1 Å². The summed E-state index contributed by atoms with van der Waals surface area (Å²) in [5.74, 6) is 0.307. The van der Waals surface area contributed by atoms with Crippen molar-refractivity contribution in [1.29, 1.82) is 0 Å². The Bertz CT molecular complexity index is 747. The van der Waals surface area contributed by atoms with Crippen molar-refractivity contribution in [3.05, 3.63) is 12.1 Å². The van der Waals surface area contributed by atoms with E-state index in [9.17, 15) is 30.6 Å². The number of rotatable bonds is 8. The minimum atomic E-state index is -1.62. The number of ether oxygens (including phenoxy) is 7. The predicted molar refractivity (Wildman–Crippen MR) is 107 cm³/mol. The molecular formula is C20H30O13. The first-order valence-corrected chi connectivity index (χ1v) is 10.2. The quantitative estimate of drug-likeness (QED) is 0.228. The summed E-state index contributed by atoms with van der Waals surface area (Å²) < 4.78 is 38.1. The molecule has 2 aliphatic heterocycles. The van der Waals surface area contributed by atoms with Crippen LogP contribution in [0.1, 0.15) is 0 Å². The zero-order chi connectivity index (χ0) is 24.3. The molecule has 6 N–H and O–H groups in total. The van der Waals surface area contributed by atoms with Gasteiger partial charge in [0.25, 0.3) is 0 Å². The van der Waals surface area contributed by atoms with Crippen LogP contribution in [0, 0.1) is 0 Å². The van der Waals surface area contributed by atoms with Crippen molar-refractivity contribution < 1.29 is 63.8 Å². The van der Waals surface area contributed by atoms with Gasteiger partial charge in [-0.05, 0) is 0 Å². The first-order chi connectivity index (χ1) is 15.7. The molecule has 3 rings (SSSR count). The maximum Gasteiger partial charge on any atom is 0.229 e. The molecular weight excluding hydrogens is 448 g/mol. The van der Waals surface area contributed by atoms with Crippen LogP contribution in [0.25, 0.3) is 0 Å². The maximum atomic E-state index is 10.4. The third-order valence-corrected chi connectivity index (χ3v) is 5.45. The molecule has 13 nitrogen and oxygen atoms in total. The van der Waals surface area contributed by atoms with Crippen molar-refractivity contribution in [3.8, 4) is 23.0 Å². The van der Waals surface area contributed by atoms with Crippen molar-refractivity contribution in [1.82, 2.24) is 0 Å². The Kier molecular flexibility index (Phi) is 8.55. The van der Waals surface area contributed by atoms with Crippen molar-refractivity contribution in [2.24, 2.45) is 0 Å². The van der Waals surface area contributed by atoms with E-state index >= 15 is 0 Å². The van der Waals surface area contributed by atoms with E-state index in [0.29, 0.717) is 0 Å². The van der Waals surface area contributed by atoms with Crippen molar-refractivity contribution in [2.45, 2.75) is 55.3 Å². The predicted octanol–water partition coefficient (Wildman–Crippen LogP) is -2.65. The third kappa shape index (κ3) is 5.26. The molecule has 1 aromatic carbocycles. The zero-order valence-corrected chi connectivity index (χ0v) is 18.3. The van der Waals surface area contributed by atoms with Crippen LogP contribution in [0.3, 0.4) is 0 Å². The second kappa shape index (κ2) is 11.0. The van der Waals surface area contributed by atoms with E-state index in [1.807, 2.05) is 0 Å². The lowest BCUT2D eigenvalue weighted by atomic mass is 9.99. The van der Waals surface area contributed by atoms with Crippen molar-refractivity contribution in [3.63, 3.8) is 0 Å². The summed E-state index contributed by atoms with van der Waals surface area (Å²) in [7, 11) is 4.04. The Morgan fingerprint density at radius 3 is 2.03 bits per heavy atom. The molecule has 0 saturated carbocycles. The van der Waals surface area contributed by atoms with Crippen LogP contribution in [0.4, 0.5) is 0 Å². The van der Waals surface area contributed by atoms with Gasteiger partial charge in [0, 0.05) is 19.2 Å². The molecule has 188 valence electrons. The number of benzene rings is 1. The molecule has 2 aliphatic rings. The number of aliphatic hydroxyl groups is 6. The van der Waals surface area contributed by atoms with E-state index in [1.54, 1.807) is 0 Å². The lowest BCUT2D eigenvalue weighted by molar-refractivity contribution is -0.277. The average molecular weight is 478 g/mol. The first kappa shape index (κ1) is 25.7. The summed E-state index contributed by atoms with van der Waals surface area (Å²) in [6.45, 7) is -0.748. The van der Waals surface area contributed by atoms with Crippen molar-refractivity contribution in [2.75, 3.05) is 34.5 Å². The number of methoxy groups -OCH3 is 3.